The number of aliphatic hydroxyl groups excluding tert-OH is 1. The Morgan fingerprint density at radius 2 is 1.67 bits per heavy atom. The van der Waals surface area contributed by atoms with Crippen LogP contribution in [-0.2, 0) is 14.4 Å². The average Bonchev–Trinajstić information content (AvgIpc) is 2.39. The quantitative estimate of drug-likeness (QED) is 0.295. The Morgan fingerprint density at radius 1 is 1.14 bits per heavy atom. The molecule has 0 saturated heterocycles. The molecule has 0 bridgehead atoms. The number of carboxylic acid groups (broad SMARTS) is 1. The molecule has 0 radical (unpaired) electrons. The van der Waals surface area contributed by atoms with Crippen molar-refractivity contribution in [3.63, 3.8) is 0 Å². The molecule has 0 aliphatic carbocycles. The molecule has 21 heavy (non-hydrogen) atoms. The van der Waals surface area contributed by atoms with E-state index in [1.54, 1.807) is 13.8 Å². The van der Waals surface area contributed by atoms with Crippen molar-refractivity contribution in [2.45, 2.75) is 45.0 Å². The fourth-order valence-corrected chi connectivity index (χ4v) is 1.71. The molecule has 0 unspecified atom stereocenters. The SMILES string of the molecule is CC(C)[C@H](NC(=O)[C@H](CS)NC(=O)[C@@H](N)[C@@H](C)O)C(=O)O. The summed E-state index contributed by atoms with van der Waals surface area (Å²) in [7, 11) is 0. The van der Waals surface area contributed by atoms with Crippen LogP contribution in [0.4, 0.5) is 0 Å². The summed E-state index contributed by atoms with van der Waals surface area (Å²) in [6.45, 7) is 4.65. The maximum Gasteiger partial charge on any atom is 0.326 e. The lowest BCUT2D eigenvalue weighted by Gasteiger charge is -2.23. The Morgan fingerprint density at radius 3 is 2.00 bits per heavy atom. The predicted octanol–water partition coefficient (Wildman–Crippen LogP) is -1.67. The van der Waals surface area contributed by atoms with Gasteiger partial charge in [-0.1, -0.05) is 13.8 Å². The number of nitrogens with two attached hydrogens (primary N) is 1. The first kappa shape index (κ1) is 19.7. The first-order chi connectivity index (χ1) is 9.61. The van der Waals surface area contributed by atoms with E-state index in [9.17, 15) is 19.5 Å². The number of nitrogens with one attached hydrogen (secondary N) is 2. The first-order valence-electron chi connectivity index (χ1n) is 6.49. The summed E-state index contributed by atoms with van der Waals surface area (Å²) >= 11 is 3.95. The lowest BCUT2D eigenvalue weighted by Crippen LogP contribution is -2.57. The van der Waals surface area contributed by atoms with Gasteiger partial charge in [0.05, 0.1) is 6.10 Å². The maximum atomic E-state index is 12.0. The molecule has 0 aliphatic heterocycles. The minimum Gasteiger partial charge on any atom is -0.480 e. The van der Waals surface area contributed by atoms with Gasteiger partial charge in [-0.2, -0.15) is 12.6 Å². The zero-order valence-electron chi connectivity index (χ0n) is 12.2. The highest BCUT2D eigenvalue weighted by molar-refractivity contribution is 7.80. The maximum absolute atomic E-state index is 12.0. The number of carboxylic acids is 1. The number of amides is 2. The van der Waals surface area contributed by atoms with Crippen LogP contribution in [0.2, 0.25) is 0 Å². The molecule has 9 heteroatoms. The smallest absolute Gasteiger partial charge is 0.326 e. The molecule has 0 heterocycles. The van der Waals surface area contributed by atoms with Gasteiger partial charge in [0.15, 0.2) is 0 Å². The van der Waals surface area contributed by atoms with E-state index in [2.05, 4.69) is 23.3 Å². The van der Waals surface area contributed by atoms with Gasteiger partial charge in [0.1, 0.15) is 18.1 Å². The molecule has 0 aromatic heterocycles. The second-order valence-corrected chi connectivity index (χ2v) is 5.44. The molecule has 0 aromatic rings. The predicted molar refractivity (Wildman–Crippen MR) is 79.8 cm³/mol. The third-order valence-electron chi connectivity index (χ3n) is 2.87. The highest BCUT2D eigenvalue weighted by Crippen LogP contribution is 2.03. The first-order valence-corrected chi connectivity index (χ1v) is 7.13. The summed E-state index contributed by atoms with van der Waals surface area (Å²) in [6.07, 6.45) is -1.07. The standard InChI is InChI=1S/C12H23N3O5S/c1-5(2)9(12(19)20)15-10(17)7(4-21)14-11(18)8(13)6(3)16/h5-9,16,21H,4,13H2,1-3H3,(H,14,18)(H,15,17)(H,19,20)/t6-,7+,8+,9+/m1/s1. The van der Waals surface area contributed by atoms with Crippen LogP contribution in [-0.4, -0.2) is 58.0 Å². The van der Waals surface area contributed by atoms with Crippen LogP contribution in [0.5, 0.6) is 0 Å². The number of carbonyl (C=O) groups is 3. The lowest BCUT2D eigenvalue weighted by atomic mass is 10.0. The van der Waals surface area contributed by atoms with Gasteiger partial charge in [-0.3, -0.25) is 9.59 Å². The molecule has 2 amide bonds. The number of hydrogen-bond acceptors (Lipinski definition) is 6. The van der Waals surface area contributed by atoms with Crippen molar-refractivity contribution in [1.29, 1.82) is 0 Å². The number of hydrogen-bond donors (Lipinski definition) is 6. The van der Waals surface area contributed by atoms with E-state index in [0.29, 0.717) is 0 Å². The minimum absolute atomic E-state index is 0.0332. The van der Waals surface area contributed by atoms with Gasteiger partial charge in [0, 0.05) is 5.75 Å². The van der Waals surface area contributed by atoms with Crippen LogP contribution in [0.3, 0.4) is 0 Å². The molecule has 6 N–H and O–H groups in total. The monoisotopic (exact) mass is 321 g/mol. The number of aliphatic carboxylic acids is 1. The van der Waals surface area contributed by atoms with E-state index < -0.39 is 42.0 Å². The van der Waals surface area contributed by atoms with E-state index in [0.717, 1.165) is 0 Å². The largest absolute Gasteiger partial charge is 0.480 e. The van der Waals surface area contributed by atoms with Crippen molar-refractivity contribution >= 4 is 30.4 Å². The van der Waals surface area contributed by atoms with Crippen molar-refractivity contribution in [2.24, 2.45) is 11.7 Å². The number of carbonyl (C=O) groups excluding carboxylic acids is 2. The summed E-state index contributed by atoms with van der Waals surface area (Å²) in [5.74, 6) is -2.90. The molecule has 0 rings (SSSR count). The number of rotatable bonds is 8. The Balaban J connectivity index is 4.76. The van der Waals surface area contributed by atoms with Gasteiger partial charge >= 0.3 is 5.97 Å². The van der Waals surface area contributed by atoms with Crippen molar-refractivity contribution in [1.82, 2.24) is 10.6 Å². The van der Waals surface area contributed by atoms with Gasteiger partial charge in [0.2, 0.25) is 11.8 Å². The molecule has 0 fully saturated rings. The Kier molecular flexibility index (Phi) is 8.30. The third kappa shape index (κ3) is 6.32. The average molecular weight is 321 g/mol. The molecule has 0 aliphatic rings. The van der Waals surface area contributed by atoms with E-state index >= 15 is 0 Å². The molecular weight excluding hydrogens is 298 g/mol. The molecule has 0 saturated carbocycles. The normalized spacial score (nSPS) is 16.7. The number of thiol groups is 1. The van der Waals surface area contributed by atoms with E-state index in [1.165, 1.54) is 6.92 Å². The molecular formula is C12H23N3O5S. The molecule has 122 valence electrons. The zero-order valence-corrected chi connectivity index (χ0v) is 13.1. The zero-order chi connectivity index (χ0) is 16.7. The highest BCUT2D eigenvalue weighted by Gasteiger charge is 2.29. The van der Waals surface area contributed by atoms with Crippen LogP contribution < -0.4 is 16.4 Å². The van der Waals surface area contributed by atoms with Gasteiger partial charge in [0.25, 0.3) is 0 Å². The lowest BCUT2D eigenvalue weighted by molar-refractivity contribution is -0.143. The Bertz CT molecular complexity index is 389. The van der Waals surface area contributed by atoms with E-state index in [1.807, 2.05) is 0 Å². The van der Waals surface area contributed by atoms with Gasteiger partial charge in [-0.25, -0.2) is 4.79 Å². The van der Waals surface area contributed by atoms with Crippen LogP contribution in [0, 0.1) is 5.92 Å². The minimum atomic E-state index is -1.18. The molecule has 0 spiro atoms. The van der Waals surface area contributed by atoms with Crippen molar-refractivity contribution in [3.8, 4) is 0 Å². The van der Waals surface area contributed by atoms with Crippen molar-refractivity contribution < 1.29 is 24.6 Å². The van der Waals surface area contributed by atoms with Crippen molar-refractivity contribution in [3.05, 3.63) is 0 Å². The van der Waals surface area contributed by atoms with E-state index in [4.69, 9.17) is 10.8 Å². The molecule has 4 atom stereocenters. The van der Waals surface area contributed by atoms with Gasteiger partial charge < -0.3 is 26.6 Å². The molecule has 8 nitrogen and oxygen atoms in total. The Labute approximate surface area is 128 Å². The van der Waals surface area contributed by atoms with Crippen LogP contribution >= 0.6 is 12.6 Å². The Hall–Kier alpha value is -1.32. The summed E-state index contributed by atoms with van der Waals surface area (Å²) in [5.41, 5.74) is 5.45. The third-order valence-corrected chi connectivity index (χ3v) is 3.23. The van der Waals surface area contributed by atoms with Crippen LogP contribution in [0.1, 0.15) is 20.8 Å². The van der Waals surface area contributed by atoms with E-state index in [-0.39, 0.29) is 11.7 Å². The van der Waals surface area contributed by atoms with Crippen LogP contribution in [0.25, 0.3) is 0 Å². The van der Waals surface area contributed by atoms with Crippen molar-refractivity contribution in [2.75, 3.05) is 5.75 Å². The molecule has 0 aromatic carbocycles. The fraction of sp³-hybridized carbons (Fsp3) is 0.750. The van der Waals surface area contributed by atoms with Gasteiger partial charge in [-0.05, 0) is 12.8 Å². The second-order valence-electron chi connectivity index (χ2n) is 5.08. The second kappa shape index (κ2) is 8.85. The summed E-state index contributed by atoms with van der Waals surface area (Å²) in [5, 5.41) is 22.9. The van der Waals surface area contributed by atoms with Gasteiger partial charge in [-0.15, -0.1) is 0 Å². The topological polar surface area (TPSA) is 142 Å². The summed E-state index contributed by atoms with van der Waals surface area (Å²) in [4.78, 5) is 34.7. The fourth-order valence-electron chi connectivity index (χ4n) is 1.45. The van der Waals surface area contributed by atoms with Crippen LogP contribution in [0.15, 0.2) is 0 Å². The summed E-state index contributed by atoms with van der Waals surface area (Å²) in [6, 6.07) is -3.28. The summed E-state index contributed by atoms with van der Waals surface area (Å²) < 4.78 is 0. The highest BCUT2D eigenvalue weighted by atomic mass is 32.1. The number of aliphatic hydroxyl groups is 1.